The second-order valence-electron chi connectivity index (χ2n) is 6.10. The van der Waals surface area contributed by atoms with E-state index in [1.807, 2.05) is 44.2 Å². The molecular formula is C17H25ClN4O2. The minimum atomic E-state index is -0.849. The van der Waals surface area contributed by atoms with E-state index in [0.717, 1.165) is 12.0 Å². The lowest BCUT2D eigenvalue weighted by atomic mass is 9.96. The van der Waals surface area contributed by atoms with Crippen LogP contribution in [0.2, 0.25) is 0 Å². The molecule has 6 nitrogen and oxygen atoms in total. The van der Waals surface area contributed by atoms with E-state index in [1.165, 1.54) is 0 Å². The molecule has 0 radical (unpaired) electrons. The SMILES string of the molecule is CCCC(C)(N)C(=O)NCC(C)c1nc(-c2ccccc2)no1.Cl. The molecule has 1 aromatic heterocycles. The van der Waals surface area contributed by atoms with Crippen molar-refractivity contribution in [3.05, 3.63) is 36.2 Å². The van der Waals surface area contributed by atoms with Crippen LogP contribution in [0.4, 0.5) is 0 Å². The quantitative estimate of drug-likeness (QED) is 0.799. The molecule has 1 heterocycles. The minimum absolute atomic E-state index is 0. The first-order chi connectivity index (χ1) is 10.9. The summed E-state index contributed by atoms with van der Waals surface area (Å²) < 4.78 is 5.30. The average Bonchev–Trinajstić information content (AvgIpc) is 3.03. The van der Waals surface area contributed by atoms with Gasteiger partial charge in [-0.2, -0.15) is 4.98 Å². The summed E-state index contributed by atoms with van der Waals surface area (Å²) in [5.74, 6) is 0.808. The smallest absolute Gasteiger partial charge is 0.239 e. The Labute approximate surface area is 148 Å². The molecule has 0 saturated carbocycles. The molecule has 0 saturated heterocycles. The Bertz CT molecular complexity index is 643. The van der Waals surface area contributed by atoms with Gasteiger partial charge in [0.15, 0.2) is 0 Å². The predicted octanol–water partition coefficient (Wildman–Crippen LogP) is 2.90. The van der Waals surface area contributed by atoms with Gasteiger partial charge in [-0.3, -0.25) is 4.79 Å². The third-order valence-electron chi connectivity index (χ3n) is 3.75. The fourth-order valence-corrected chi connectivity index (χ4v) is 2.31. The zero-order chi connectivity index (χ0) is 16.9. The first-order valence-corrected chi connectivity index (χ1v) is 7.90. The normalized spacial score (nSPS) is 14.3. The Hall–Kier alpha value is -1.92. The summed E-state index contributed by atoms with van der Waals surface area (Å²) in [6.45, 7) is 6.09. The molecule has 1 aromatic carbocycles. The van der Waals surface area contributed by atoms with Crippen molar-refractivity contribution in [3.8, 4) is 11.4 Å². The van der Waals surface area contributed by atoms with Gasteiger partial charge in [-0.15, -0.1) is 12.4 Å². The Kier molecular flexibility index (Phi) is 7.38. The van der Waals surface area contributed by atoms with Gasteiger partial charge in [-0.05, 0) is 13.3 Å². The summed E-state index contributed by atoms with van der Waals surface area (Å²) >= 11 is 0. The van der Waals surface area contributed by atoms with E-state index in [4.69, 9.17) is 10.3 Å². The van der Waals surface area contributed by atoms with Crippen molar-refractivity contribution < 1.29 is 9.32 Å². The lowest BCUT2D eigenvalue weighted by molar-refractivity contribution is -0.126. The Balaban J connectivity index is 0.00000288. The van der Waals surface area contributed by atoms with Gasteiger partial charge in [-0.1, -0.05) is 55.8 Å². The first-order valence-electron chi connectivity index (χ1n) is 7.90. The molecule has 0 aliphatic rings. The maximum Gasteiger partial charge on any atom is 0.239 e. The number of carbonyl (C=O) groups is 1. The van der Waals surface area contributed by atoms with Crippen molar-refractivity contribution >= 4 is 18.3 Å². The van der Waals surface area contributed by atoms with Gasteiger partial charge in [0.05, 0.1) is 11.5 Å². The van der Waals surface area contributed by atoms with Crippen LogP contribution in [0.15, 0.2) is 34.9 Å². The number of nitrogens with one attached hydrogen (secondary N) is 1. The third-order valence-corrected chi connectivity index (χ3v) is 3.75. The third kappa shape index (κ3) is 5.04. The highest BCUT2D eigenvalue weighted by Crippen LogP contribution is 2.19. The van der Waals surface area contributed by atoms with Crippen LogP contribution in [0.3, 0.4) is 0 Å². The van der Waals surface area contributed by atoms with Crippen molar-refractivity contribution in [2.24, 2.45) is 5.73 Å². The van der Waals surface area contributed by atoms with Crippen LogP contribution in [0.1, 0.15) is 45.4 Å². The van der Waals surface area contributed by atoms with Crippen LogP contribution in [0.5, 0.6) is 0 Å². The first kappa shape index (κ1) is 20.1. The molecule has 2 unspecified atom stereocenters. The number of nitrogens with two attached hydrogens (primary N) is 1. The van der Waals surface area contributed by atoms with Crippen molar-refractivity contribution in [2.45, 2.75) is 45.1 Å². The van der Waals surface area contributed by atoms with E-state index < -0.39 is 5.54 Å². The van der Waals surface area contributed by atoms with Crippen molar-refractivity contribution in [1.29, 1.82) is 0 Å². The minimum Gasteiger partial charge on any atom is -0.354 e. The van der Waals surface area contributed by atoms with Crippen LogP contribution in [-0.2, 0) is 4.79 Å². The average molecular weight is 353 g/mol. The topological polar surface area (TPSA) is 94.0 Å². The molecule has 0 bridgehead atoms. The molecule has 0 spiro atoms. The molecule has 2 aromatic rings. The molecule has 24 heavy (non-hydrogen) atoms. The number of nitrogens with zero attached hydrogens (tertiary/aromatic N) is 2. The van der Waals surface area contributed by atoms with Gasteiger partial charge < -0.3 is 15.6 Å². The number of aromatic nitrogens is 2. The molecular weight excluding hydrogens is 328 g/mol. The monoisotopic (exact) mass is 352 g/mol. The summed E-state index contributed by atoms with van der Waals surface area (Å²) in [6.07, 6.45) is 1.51. The number of benzene rings is 1. The highest BCUT2D eigenvalue weighted by Gasteiger charge is 2.27. The van der Waals surface area contributed by atoms with Crippen molar-refractivity contribution in [1.82, 2.24) is 15.5 Å². The van der Waals surface area contributed by atoms with Crippen LogP contribution in [0, 0.1) is 0 Å². The summed E-state index contributed by atoms with van der Waals surface area (Å²) in [7, 11) is 0. The maximum absolute atomic E-state index is 12.1. The molecule has 0 aliphatic carbocycles. The zero-order valence-corrected chi connectivity index (χ0v) is 15.1. The standard InChI is InChI=1S/C17H24N4O2.ClH/c1-4-10-17(3,18)16(22)19-11-12(2)15-20-14(21-23-15)13-8-6-5-7-9-13;/h5-9,12H,4,10-11,18H2,1-3H3,(H,19,22);1H. The molecule has 0 aliphatic heterocycles. The summed E-state index contributed by atoms with van der Waals surface area (Å²) in [5, 5.41) is 6.85. The van der Waals surface area contributed by atoms with E-state index in [0.29, 0.717) is 24.7 Å². The van der Waals surface area contributed by atoms with E-state index in [9.17, 15) is 4.79 Å². The Morgan fingerprint density at radius 2 is 2.04 bits per heavy atom. The van der Waals surface area contributed by atoms with E-state index in [-0.39, 0.29) is 24.2 Å². The molecule has 3 N–H and O–H groups in total. The molecule has 132 valence electrons. The zero-order valence-electron chi connectivity index (χ0n) is 14.3. The molecule has 1 amide bonds. The largest absolute Gasteiger partial charge is 0.354 e. The second-order valence-corrected chi connectivity index (χ2v) is 6.10. The number of hydrogen-bond acceptors (Lipinski definition) is 5. The van der Waals surface area contributed by atoms with E-state index in [1.54, 1.807) is 6.92 Å². The molecule has 2 rings (SSSR count). The summed E-state index contributed by atoms with van der Waals surface area (Å²) in [5.41, 5.74) is 6.06. The molecule has 2 atom stereocenters. The van der Waals surface area contributed by atoms with Gasteiger partial charge in [-0.25, -0.2) is 0 Å². The number of halogens is 1. The second kappa shape index (κ2) is 8.80. The van der Waals surface area contributed by atoms with Gasteiger partial charge in [0.25, 0.3) is 0 Å². The van der Waals surface area contributed by atoms with Gasteiger partial charge >= 0.3 is 0 Å². The number of rotatable bonds is 7. The fraction of sp³-hybridized carbons (Fsp3) is 0.471. The highest BCUT2D eigenvalue weighted by atomic mass is 35.5. The molecule has 7 heteroatoms. The van der Waals surface area contributed by atoms with Gasteiger partial charge in [0, 0.05) is 12.1 Å². The van der Waals surface area contributed by atoms with E-state index >= 15 is 0 Å². The fourth-order valence-electron chi connectivity index (χ4n) is 2.31. The Morgan fingerprint density at radius 1 is 1.38 bits per heavy atom. The summed E-state index contributed by atoms with van der Waals surface area (Å²) in [4.78, 5) is 16.5. The number of carbonyl (C=O) groups excluding carboxylic acids is 1. The highest BCUT2D eigenvalue weighted by molar-refractivity contribution is 5.85. The van der Waals surface area contributed by atoms with Crippen molar-refractivity contribution in [2.75, 3.05) is 6.54 Å². The maximum atomic E-state index is 12.1. The number of amides is 1. The summed E-state index contributed by atoms with van der Waals surface area (Å²) in [6, 6.07) is 9.62. The van der Waals surface area contributed by atoms with Crippen molar-refractivity contribution in [3.63, 3.8) is 0 Å². The predicted molar refractivity (Wildman–Crippen MR) is 95.9 cm³/mol. The van der Waals surface area contributed by atoms with Gasteiger partial charge in [0.1, 0.15) is 0 Å². The van der Waals surface area contributed by atoms with E-state index in [2.05, 4.69) is 15.5 Å². The molecule has 0 fully saturated rings. The number of hydrogen-bond donors (Lipinski definition) is 2. The van der Waals surface area contributed by atoms with Gasteiger partial charge in [0.2, 0.25) is 17.6 Å². The van der Waals surface area contributed by atoms with Crippen LogP contribution in [-0.4, -0.2) is 28.1 Å². The van der Waals surface area contributed by atoms with Crippen LogP contribution in [0.25, 0.3) is 11.4 Å². The van der Waals surface area contributed by atoms with Crippen LogP contribution < -0.4 is 11.1 Å². The Morgan fingerprint density at radius 3 is 2.67 bits per heavy atom. The lowest BCUT2D eigenvalue weighted by Crippen LogP contribution is -2.52. The van der Waals surface area contributed by atoms with Crippen LogP contribution >= 0.6 is 12.4 Å². The lowest BCUT2D eigenvalue weighted by Gasteiger charge is -2.23.